The molecule has 0 unspecified atom stereocenters. The summed E-state index contributed by atoms with van der Waals surface area (Å²) in [6.45, 7) is 0. The largest absolute Gasteiger partial charge is 0.476 e. The second-order valence-electron chi connectivity index (χ2n) is 2.23. The quantitative estimate of drug-likeness (QED) is 0.819. The maximum atomic E-state index is 12.8. The first-order chi connectivity index (χ1) is 5.94. The average molecular weight is 252 g/mol. The highest BCUT2D eigenvalue weighted by Crippen LogP contribution is 2.27. The van der Waals surface area contributed by atoms with E-state index in [9.17, 15) is 13.6 Å². The van der Waals surface area contributed by atoms with Crippen LogP contribution >= 0.6 is 15.9 Å². The minimum Gasteiger partial charge on any atom is -0.476 e. The molecule has 0 saturated heterocycles. The Kier molecular flexibility index (Phi) is 2.60. The highest BCUT2D eigenvalue weighted by atomic mass is 79.9. The fourth-order valence-corrected chi connectivity index (χ4v) is 1.04. The third-order valence-electron chi connectivity index (χ3n) is 1.31. The molecule has 0 spiro atoms. The van der Waals surface area contributed by atoms with Gasteiger partial charge in [0.25, 0.3) is 0 Å². The van der Waals surface area contributed by atoms with Crippen molar-refractivity contribution in [3.63, 3.8) is 0 Å². The van der Waals surface area contributed by atoms with E-state index in [1.54, 1.807) is 0 Å². The molecule has 0 radical (unpaired) electrons. The summed E-state index contributed by atoms with van der Waals surface area (Å²) in [6, 6.07) is 3.68. The lowest BCUT2D eigenvalue weighted by molar-refractivity contribution is -0.166. The molecule has 6 heteroatoms. The molecule has 0 aliphatic rings. The van der Waals surface area contributed by atoms with E-state index in [4.69, 9.17) is 5.11 Å². The van der Waals surface area contributed by atoms with Gasteiger partial charge in [-0.3, -0.25) is 0 Å². The van der Waals surface area contributed by atoms with Gasteiger partial charge in [-0.2, -0.15) is 8.78 Å². The van der Waals surface area contributed by atoms with Crippen molar-refractivity contribution in [1.29, 1.82) is 0 Å². The molecule has 0 aromatic carbocycles. The monoisotopic (exact) mass is 251 g/mol. The minimum atomic E-state index is -3.94. The molecule has 13 heavy (non-hydrogen) atoms. The summed E-state index contributed by atoms with van der Waals surface area (Å²) < 4.78 is 25.7. The van der Waals surface area contributed by atoms with Crippen LogP contribution in [0.2, 0.25) is 0 Å². The van der Waals surface area contributed by atoms with Gasteiger partial charge in [0, 0.05) is 0 Å². The second-order valence-corrected chi connectivity index (χ2v) is 3.04. The first kappa shape index (κ1) is 10.0. The zero-order chi connectivity index (χ0) is 10.1. The molecule has 0 fully saturated rings. The molecule has 0 bridgehead atoms. The second kappa shape index (κ2) is 3.37. The van der Waals surface area contributed by atoms with Crippen LogP contribution in [0.4, 0.5) is 8.78 Å². The average Bonchev–Trinajstić information content (AvgIpc) is 2.04. The normalized spacial score (nSPS) is 11.3. The van der Waals surface area contributed by atoms with Gasteiger partial charge in [0.2, 0.25) is 0 Å². The Hall–Kier alpha value is -1.04. The molecular weight excluding hydrogens is 248 g/mol. The molecule has 70 valence electrons. The van der Waals surface area contributed by atoms with Crippen LogP contribution < -0.4 is 0 Å². The van der Waals surface area contributed by atoms with Crippen molar-refractivity contribution in [2.24, 2.45) is 0 Å². The number of nitrogens with zero attached hydrogens (tertiary/aromatic N) is 1. The van der Waals surface area contributed by atoms with Crippen molar-refractivity contribution in [3.8, 4) is 0 Å². The van der Waals surface area contributed by atoms with Crippen LogP contribution in [-0.2, 0) is 10.7 Å². The van der Waals surface area contributed by atoms with Crippen molar-refractivity contribution >= 4 is 21.9 Å². The minimum absolute atomic E-state index is 0.172. The number of aromatic nitrogens is 1. The molecule has 1 aromatic rings. The lowest BCUT2D eigenvalue weighted by Gasteiger charge is -2.09. The van der Waals surface area contributed by atoms with E-state index in [1.807, 2.05) is 0 Å². The summed E-state index contributed by atoms with van der Waals surface area (Å²) in [5.41, 5.74) is -0.783. The summed E-state index contributed by atoms with van der Waals surface area (Å²) in [7, 11) is 0. The van der Waals surface area contributed by atoms with E-state index in [-0.39, 0.29) is 4.60 Å². The molecule has 1 N–H and O–H groups in total. The van der Waals surface area contributed by atoms with Crippen LogP contribution in [0.3, 0.4) is 0 Å². The van der Waals surface area contributed by atoms with Crippen molar-refractivity contribution < 1.29 is 18.7 Å². The summed E-state index contributed by atoms with van der Waals surface area (Å²) in [6.07, 6.45) is 0. The molecular formula is C7H4BrF2NO2. The number of hydrogen-bond acceptors (Lipinski definition) is 2. The van der Waals surface area contributed by atoms with Gasteiger partial charge in [-0.1, -0.05) is 6.07 Å². The van der Waals surface area contributed by atoms with Crippen LogP contribution in [0, 0.1) is 0 Å². The standard InChI is InChI=1S/C7H4BrF2NO2/c8-5-3-1-2-4(11-5)7(9,10)6(12)13/h1-3H,(H,12,13). The highest BCUT2D eigenvalue weighted by molar-refractivity contribution is 9.10. The Morgan fingerprint density at radius 1 is 1.54 bits per heavy atom. The predicted molar refractivity (Wildman–Crippen MR) is 43.5 cm³/mol. The molecule has 0 aliphatic heterocycles. The van der Waals surface area contributed by atoms with E-state index in [0.29, 0.717) is 0 Å². The topological polar surface area (TPSA) is 50.2 Å². The Labute approximate surface area is 80.5 Å². The van der Waals surface area contributed by atoms with Crippen molar-refractivity contribution in [1.82, 2.24) is 4.98 Å². The van der Waals surface area contributed by atoms with Gasteiger partial charge in [0.15, 0.2) is 0 Å². The van der Waals surface area contributed by atoms with Gasteiger partial charge in [0.05, 0.1) is 0 Å². The Morgan fingerprint density at radius 2 is 2.15 bits per heavy atom. The maximum Gasteiger partial charge on any atom is 0.384 e. The van der Waals surface area contributed by atoms with E-state index < -0.39 is 17.6 Å². The van der Waals surface area contributed by atoms with Gasteiger partial charge in [0.1, 0.15) is 10.3 Å². The Bertz CT molecular complexity index is 343. The first-order valence-corrected chi connectivity index (χ1v) is 3.98. The Balaban J connectivity index is 3.14. The van der Waals surface area contributed by atoms with E-state index >= 15 is 0 Å². The number of carboxylic acids is 1. The molecule has 3 nitrogen and oxygen atoms in total. The number of aliphatic carboxylic acids is 1. The molecule has 0 saturated carbocycles. The molecule has 1 heterocycles. The summed E-state index contributed by atoms with van der Waals surface area (Å²) in [4.78, 5) is 13.5. The smallest absolute Gasteiger partial charge is 0.384 e. The fraction of sp³-hybridized carbons (Fsp3) is 0.143. The number of halogens is 3. The third-order valence-corrected chi connectivity index (χ3v) is 1.75. The van der Waals surface area contributed by atoms with Crippen molar-refractivity contribution in [2.45, 2.75) is 5.92 Å². The first-order valence-electron chi connectivity index (χ1n) is 3.19. The molecule has 0 aliphatic carbocycles. The predicted octanol–water partition coefficient (Wildman–Crippen LogP) is 2.02. The van der Waals surface area contributed by atoms with E-state index in [2.05, 4.69) is 20.9 Å². The molecule has 1 aromatic heterocycles. The number of hydrogen-bond donors (Lipinski definition) is 1. The van der Waals surface area contributed by atoms with Crippen LogP contribution in [0.1, 0.15) is 5.69 Å². The fourth-order valence-electron chi connectivity index (χ4n) is 0.693. The van der Waals surface area contributed by atoms with Crippen LogP contribution in [0.25, 0.3) is 0 Å². The highest BCUT2D eigenvalue weighted by Gasteiger charge is 2.42. The zero-order valence-corrected chi connectivity index (χ0v) is 7.75. The molecule has 0 atom stereocenters. The third kappa shape index (κ3) is 2.00. The Morgan fingerprint density at radius 3 is 2.62 bits per heavy atom. The van der Waals surface area contributed by atoms with Gasteiger partial charge in [-0.15, -0.1) is 0 Å². The number of carboxylic acid groups (broad SMARTS) is 1. The van der Waals surface area contributed by atoms with Crippen LogP contribution in [0.15, 0.2) is 22.8 Å². The van der Waals surface area contributed by atoms with Gasteiger partial charge in [-0.05, 0) is 28.1 Å². The SMILES string of the molecule is O=C(O)C(F)(F)c1cccc(Br)n1. The van der Waals surface area contributed by atoms with Crippen molar-refractivity contribution in [2.75, 3.05) is 0 Å². The summed E-state index contributed by atoms with van der Waals surface area (Å²) in [5.74, 6) is -6.15. The number of rotatable bonds is 2. The summed E-state index contributed by atoms with van der Waals surface area (Å²) in [5, 5.41) is 8.18. The zero-order valence-electron chi connectivity index (χ0n) is 6.17. The van der Waals surface area contributed by atoms with Crippen molar-refractivity contribution in [3.05, 3.63) is 28.5 Å². The van der Waals surface area contributed by atoms with Gasteiger partial charge in [-0.25, -0.2) is 9.78 Å². The maximum absolute atomic E-state index is 12.8. The molecule has 1 rings (SSSR count). The van der Waals surface area contributed by atoms with Crippen LogP contribution in [-0.4, -0.2) is 16.1 Å². The van der Waals surface area contributed by atoms with E-state index in [1.165, 1.54) is 12.1 Å². The molecule has 0 amide bonds. The number of alkyl halides is 2. The van der Waals surface area contributed by atoms with Gasteiger partial charge < -0.3 is 5.11 Å². The summed E-state index contributed by atoms with van der Waals surface area (Å²) >= 11 is 2.87. The number of carbonyl (C=O) groups is 1. The lowest BCUT2D eigenvalue weighted by atomic mass is 10.2. The van der Waals surface area contributed by atoms with Gasteiger partial charge >= 0.3 is 11.9 Å². The lowest BCUT2D eigenvalue weighted by Crippen LogP contribution is -2.26. The number of pyridine rings is 1. The van der Waals surface area contributed by atoms with E-state index in [0.717, 1.165) is 6.07 Å². The van der Waals surface area contributed by atoms with Crippen LogP contribution in [0.5, 0.6) is 0 Å².